The molecule has 1 unspecified atom stereocenters. The van der Waals surface area contributed by atoms with Crippen molar-refractivity contribution in [3.63, 3.8) is 0 Å². The van der Waals surface area contributed by atoms with Gasteiger partial charge in [-0.1, -0.05) is 48.5 Å². The second-order valence-corrected chi connectivity index (χ2v) is 10.6. The highest BCUT2D eigenvalue weighted by Gasteiger charge is 2.39. The molecule has 0 saturated carbocycles. The Morgan fingerprint density at radius 3 is 2.27 bits per heavy atom. The van der Waals surface area contributed by atoms with Gasteiger partial charge in [0.05, 0.1) is 0 Å². The molecular formula is C36H27F2NO2. The van der Waals surface area contributed by atoms with Crippen LogP contribution in [0.15, 0.2) is 109 Å². The number of anilines is 1. The van der Waals surface area contributed by atoms with Crippen LogP contribution in [0.3, 0.4) is 0 Å². The van der Waals surface area contributed by atoms with Crippen LogP contribution in [0.5, 0.6) is 5.75 Å². The number of nitrogens with zero attached hydrogens (tertiary/aromatic N) is 1. The van der Waals surface area contributed by atoms with E-state index >= 15 is 4.39 Å². The number of ether oxygens (including phenoxy) is 1. The largest absolute Gasteiger partial charge is 0.473 e. The molecule has 0 radical (unpaired) electrons. The van der Waals surface area contributed by atoms with Gasteiger partial charge in [0, 0.05) is 46.6 Å². The summed E-state index contributed by atoms with van der Waals surface area (Å²) in [5, 5.41) is 1.79. The summed E-state index contributed by atoms with van der Waals surface area (Å²) in [6, 6.07) is 29.9. The van der Waals surface area contributed by atoms with E-state index in [0.29, 0.717) is 22.4 Å². The fraction of sp³-hybridized carbons (Fsp3) is 0.139. The minimum absolute atomic E-state index is 0.174. The molecule has 3 nitrogen and oxygen atoms in total. The van der Waals surface area contributed by atoms with E-state index in [1.54, 1.807) is 18.2 Å². The van der Waals surface area contributed by atoms with Crippen LogP contribution in [0, 0.1) is 11.6 Å². The molecule has 0 spiro atoms. The fourth-order valence-corrected chi connectivity index (χ4v) is 6.03. The fourth-order valence-electron chi connectivity index (χ4n) is 6.03. The van der Waals surface area contributed by atoms with Crippen LogP contribution in [0.1, 0.15) is 45.5 Å². The molecule has 41 heavy (non-hydrogen) atoms. The zero-order chi connectivity index (χ0) is 28.0. The normalized spacial score (nSPS) is 17.9. The Labute approximate surface area is 237 Å². The molecule has 0 aromatic heterocycles. The summed E-state index contributed by atoms with van der Waals surface area (Å²) in [4.78, 5) is 15.4. The molecule has 0 amide bonds. The van der Waals surface area contributed by atoms with E-state index in [4.69, 9.17) is 4.74 Å². The van der Waals surface area contributed by atoms with Gasteiger partial charge in [0.25, 0.3) is 0 Å². The lowest BCUT2D eigenvalue weighted by molar-refractivity contribution is 0.103. The summed E-state index contributed by atoms with van der Waals surface area (Å²) in [5.41, 5.74) is 3.11. The number of rotatable bonds is 5. The highest BCUT2D eigenvalue weighted by Crippen LogP contribution is 2.45. The van der Waals surface area contributed by atoms with Crippen LogP contribution < -0.4 is 9.64 Å². The zero-order valence-corrected chi connectivity index (χ0v) is 22.3. The van der Waals surface area contributed by atoms with Gasteiger partial charge in [0.2, 0.25) is 0 Å². The van der Waals surface area contributed by atoms with Gasteiger partial charge >= 0.3 is 0 Å². The second-order valence-electron chi connectivity index (χ2n) is 10.6. The smallest absolute Gasteiger partial charge is 0.193 e. The molecule has 0 bridgehead atoms. The van der Waals surface area contributed by atoms with Crippen molar-refractivity contribution in [1.29, 1.82) is 0 Å². The number of carbonyl (C=O) groups excluding carboxylic acids is 1. The number of carbonyl (C=O) groups is 1. The summed E-state index contributed by atoms with van der Waals surface area (Å²) in [5.74, 6) is -0.265. The average molecular weight is 544 g/mol. The molecule has 2 heterocycles. The molecule has 2 aliphatic rings. The topological polar surface area (TPSA) is 29.5 Å². The molecule has 0 N–H and O–H groups in total. The number of hydrogen-bond donors (Lipinski definition) is 0. The molecule has 5 heteroatoms. The number of fused-ring (bicyclic) bond motifs is 3. The van der Waals surface area contributed by atoms with Crippen molar-refractivity contribution in [2.24, 2.45) is 0 Å². The number of benzene rings is 5. The Bertz CT molecular complexity index is 1810. The lowest BCUT2D eigenvalue weighted by Crippen LogP contribution is -2.35. The van der Waals surface area contributed by atoms with Crippen molar-refractivity contribution in [2.75, 3.05) is 18.0 Å². The third-order valence-electron chi connectivity index (χ3n) is 8.19. The molecule has 1 saturated heterocycles. The Hall–Kier alpha value is -4.77. The first-order valence-corrected chi connectivity index (χ1v) is 13.9. The molecular weight excluding hydrogens is 516 g/mol. The SMILES string of the molecule is O=C(c1ccc(F)cc1)c1ccc2c3c(ccc2c1)OC(c1ccc(N2CCCC2)cc1)(c1ccccc1F)C=C3. The third kappa shape index (κ3) is 4.38. The molecule has 1 atom stereocenters. The van der Waals surface area contributed by atoms with Gasteiger partial charge in [-0.3, -0.25) is 4.79 Å². The van der Waals surface area contributed by atoms with Gasteiger partial charge in [-0.15, -0.1) is 0 Å². The summed E-state index contributed by atoms with van der Waals surface area (Å²) < 4.78 is 35.5. The monoisotopic (exact) mass is 543 g/mol. The minimum atomic E-state index is -1.14. The minimum Gasteiger partial charge on any atom is -0.473 e. The van der Waals surface area contributed by atoms with Crippen LogP contribution in [0.4, 0.5) is 14.5 Å². The van der Waals surface area contributed by atoms with Gasteiger partial charge < -0.3 is 9.64 Å². The summed E-state index contributed by atoms with van der Waals surface area (Å²) >= 11 is 0. The lowest BCUT2D eigenvalue weighted by Gasteiger charge is -2.36. The first-order valence-electron chi connectivity index (χ1n) is 13.9. The lowest BCUT2D eigenvalue weighted by atomic mass is 9.82. The Balaban J connectivity index is 1.29. The first-order chi connectivity index (χ1) is 20.0. The zero-order valence-electron chi connectivity index (χ0n) is 22.3. The third-order valence-corrected chi connectivity index (χ3v) is 8.19. The predicted molar refractivity (Wildman–Crippen MR) is 159 cm³/mol. The number of halogens is 2. The van der Waals surface area contributed by atoms with Crippen molar-refractivity contribution in [1.82, 2.24) is 0 Å². The average Bonchev–Trinajstić information content (AvgIpc) is 3.56. The maximum atomic E-state index is 15.4. The molecule has 2 aliphatic heterocycles. The van der Waals surface area contributed by atoms with Crippen molar-refractivity contribution >= 4 is 28.3 Å². The molecule has 5 aromatic carbocycles. The van der Waals surface area contributed by atoms with Gasteiger partial charge in [0.15, 0.2) is 11.4 Å². The highest BCUT2D eigenvalue weighted by molar-refractivity contribution is 6.11. The van der Waals surface area contributed by atoms with Gasteiger partial charge in [-0.25, -0.2) is 8.78 Å². The van der Waals surface area contributed by atoms with Crippen molar-refractivity contribution in [3.05, 3.63) is 149 Å². The van der Waals surface area contributed by atoms with E-state index in [1.807, 2.05) is 54.6 Å². The van der Waals surface area contributed by atoms with Gasteiger partial charge in [-0.2, -0.15) is 0 Å². The maximum Gasteiger partial charge on any atom is 0.193 e. The van der Waals surface area contributed by atoms with E-state index in [-0.39, 0.29) is 17.4 Å². The van der Waals surface area contributed by atoms with Crippen LogP contribution in [-0.4, -0.2) is 18.9 Å². The quantitative estimate of drug-likeness (QED) is 0.209. The van der Waals surface area contributed by atoms with Crippen LogP contribution in [0.25, 0.3) is 16.8 Å². The van der Waals surface area contributed by atoms with Gasteiger partial charge in [0.1, 0.15) is 17.4 Å². The van der Waals surface area contributed by atoms with Crippen molar-refractivity contribution < 1.29 is 18.3 Å². The molecule has 202 valence electrons. The number of hydrogen-bond acceptors (Lipinski definition) is 3. The van der Waals surface area contributed by atoms with E-state index in [2.05, 4.69) is 17.0 Å². The Kier molecular flexibility index (Phi) is 6.15. The Morgan fingerprint density at radius 1 is 0.780 bits per heavy atom. The van der Waals surface area contributed by atoms with E-state index in [9.17, 15) is 9.18 Å². The van der Waals surface area contributed by atoms with Crippen molar-refractivity contribution in [2.45, 2.75) is 18.4 Å². The highest BCUT2D eigenvalue weighted by atomic mass is 19.1. The summed E-state index contributed by atoms with van der Waals surface area (Å²) in [6.45, 7) is 2.09. The molecule has 0 aliphatic carbocycles. The first kappa shape index (κ1) is 25.2. The number of ketones is 1. The van der Waals surface area contributed by atoms with Crippen molar-refractivity contribution in [3.8, 4) is 5.75 Å². The van der Waals surface area contributed by atoms with E-state index < -0.39 is 5.60 Å². The standard InChI is InChI=1S/C36H27F2NO2/c37-28-13-7-24(8-14-28)35(40)26-9-17-30-25(23-26)10-18-34-31(30)19-20-36(41-34,32-5-1-2-6-33(32)38)27-11-15-29(16-12-27)39-21-3-4-22-39/h1-2,5-20,23H,3-4,21-22H2. The molecule has 5 aromatic rings. The summed E-state index contributed by atoms with van der Waals surface area (Å²) in [6.07, 6.45) is 6.30. The molecule has 7 rings (SSSR count). The summed E-state index contributed by atoms with van der Waals surface area (Å²) in [7, 11) is 0. The predicted octanol–water partition coefficient (Wildman–Crippen LogP) is 8.30. The van der Waals surface area contributed by atoms with Crippen LogP contribution in [0.2, 0.25) is 0 Å². The molecule has 1 fully saturated rings. The van der Waals surface area contributed by atoms with Crippen LogP contribution >= 0.6 is 0 Å². The maximum absolute atomic E-state index is 15.4. The van der Waals surface area contributed by atoms with Crippen LogP contribution in [-0.2, 0) is 5.60 Å². The Morgan fingerprint density at radius 2 is 1.51 bits per heavy atom. The van der Waals surface area contributed by atoms with E-state index in [0.717, 1.165) is 40.7 Å². The van der Waals surface area contributed by atoms with E-state index in [1.165, 1.54) is 43.2 Å². The second kappa shape index (κ2) is 10.0. The van der Waals surface area contributed by atoms with Gasteiger partial charge in [-0.05, 0) is 90.4 Å².